The fourth-order valence-electron chi connectivity index (χ4n) is 1.77. The summed E-state index contributed by atoms with van der Waals surface area (Å²) in [5.74, 6) is -0.759. The van der Waals surface area contributed by atoms with Gasteiger partial charge in [0.1, 0.15) is 12.4 Å². The Morgan fingerprint density at radius 1 is 1.25 bits per heavy atom. The first-order valence-corrected chi connectivity index (χ1v) is 5.70. The molecular formula is C14H11NO5. The molecule has 0 amide bonds. The molecule has 0 bridgehead atoms. The SMILES string of the molecule is C=C(COc1ccc([N+](=O)[O-])c2ccccc12)C(=O)O. The first-order valence-electron chi connectivity index (χ1n) is 5.70. The number of ether oxygens (including phenoxy) is 1. The first kappa shape index (κ1) is 13.5. The lowest BCUT2D eigenvalue weighted by Gasteiger charge is -2.09. The lowest BCUT2D eigenvalue weighted by molar-refractivity contribution is -0.383. The van der Waals surface area contributed by atoms with Crippen LogP contribution in [0.1, 0.15) is 0 Å². The molecule has 0 atom stereocenters. The third kappa shape index (κ3) is 2.59. The highest BCUT2D eigenvalue weighted by Gasteiger charge is 2.15. The summed E-state index contributed by atoms with van der Waals surface area (Å²) in [6.07, 6.45) is 0. The topological polar surface area (TPSA) is 89.7 Å². The number of nitrogens with zero attached hydrogens (tertiary/aromatic N) is 1. The number of hydrogen-bond acceptors (Lipinski definition) is 4. The van der Waals surface area contributed by atoms with Gasteiger partial charge in [0, 0.05) is 11.5 Å². The van der Waals surface area contributed by atoms with E-state index in [-0.39, 0.29) is 17.9 Å². The largest absolute Gasteiger partial charge is 0.488 e. The lowest BCUT2D eigenvalue weighted by atomic mass is 10.1. The molecule has 0 aliphatic rings. The van der Waals surface area contributed by atoms with E-state index in [1.54, 1.807) is 24.3 Å². The maximum absolute atomic E-state index is 11.0. The van der Waals surface area contributed by atoms with Gasteiger partial charge in [0.15, 0.2) is 0 Å². The standard InChI is InChI=1S/C14H11NO5/c1-9(14(16)17)8-20-13-7-6-12(15(18)19)10-4-2-3-5-11(10)13/h2-7H,1,8H2,(H,16,17). The Morgan fingerprint density at radius 3 is 2.50 bits per heavy atom. The molecule has 0 fully saturated rings. The Hall–Kier alpha value is -2.89. The average molecular weight is 273 g/mol. The molecule has 102 valence electrons. The van der Waals surface area contributed by atoms with Gasteiger partial charge in [0.2, 0.25) is 0 Å². The smallest absolute Gasteiger partial charge is 0.334 e. The first-order chi connectivity index (χ1) is 9.50. The van der Waals surface area contributed by atoms with Gasteiger partial charge in [-0.05, 0) is 12.1 Å². The molecule has 1 N–H and O–H groups in total. The van der Waals surface area contributed by atoms with Gasteiger partial charge in [-0.2, -0.15) is 0 Å². The van der Waals surface area contributed by atoms with Crippen LogP contribution in [0.3, 0.4) is 0 Å². The van der Waals surface area contributed by atoms with Crippen molar-refractivity contribution in [3.05, 3.63) is 58.7 Å². The van der Waals surface area contributed by atoms with E-state index < -0.39 is 10.9 Å². The third-order valence-corrected chi connectivity index (χ3v) is 2.76. The molecule has 0 unspecified atom stereocenters. The molecule has 6 heteroatoms. The minimum absolute atomic E-state index is 0.0231. The highest BCUT2D eigenvalue weighted by Crippen LogP contribution is 2.32. The highest BCUT2D eigenvalue weighted by molar-refractivity contribution is 5.95. The van der Waals surface area contributed by atoms with E-state index in [1.165, 1.54) is 12.1 Å². The summed E-state index contributed by atoms with van der Waals surface area (Å²) < 4.78 is 5.37. The molecule has 0 aliphatic heterocycles. The summed E-state index contributed by atoms with van der Waals surface area (Å²) in [5, 5.41) is 20.7. The van der Waals surface area contributed by atoms with Crippen LogP contribution in [-0.2, 0) is 4.79 Å². The van der Waals surface area contributed by atoms with Crippen molar-refractivity contribution < 1.29 is 19.6 Å². The monoisotopic (exact) mass is 273 g/mol. The molecule has 0 saturated heterocycles. The van der Waals surface area contributed by atoms with Gasteiger partial charge in [-0.3, -0.25) is 10.1 Å². The fourth-order valence-corrected chi connectivity index (χ4v) is 1.77. The van der Waals surface area contributed by atoms with Crippen molar-refractivity contribution in [2.24, 2.45) is 0 Å². The summed E-state index contributed by atoms with van der Waals surface area (Å²) in [5.41, 5.74) is -0.113. The summed E-state index contributed by atoms with van der Waals surface area (Å²) in [7, 11) is 0. The van der Waals surface area contributed by atoms with Crippen molar-refractivity contribution in [1.29, 1.82) is 0 Å². The van der Waals surface area contributed by atoms with Gasteiger partial charge >= 0.3 is 5.97 Å². The highest BCUT2D eigenvalue weighted by atomic mass is 16.6. The molecule has 20 heavy (non-hydrogen) atoms. The molecule has 0 spiro atoms. The van der Waals surface area contributed by atoms with Crippen molar-refractivity contribution in [3.63, 3.8) is 0 Å². The number of rotatable bonds is 5. The zero-order valence-electron chi connectivity index (χ0n) is 10.4. The number of carbonyl (C=O) groups is 1. The second-order valence-electron chi connectivity index (χ2n) is 4.08. The van der Waals surface area contributed by atoms with Crippen LogP contribution in [-0.4, -0.2) is 22.6 Å². The zero-order valence-corrected chi connectivity index (χ0v) is 10.4. The number of non-ortho nitro benzene ring substituents is 1. The van der Waals surface area contributed by atoms with E-state index in [0.717, 1.165) is 0 Å². The predicted octanol–water partition coefficient (Wildman–Crippen LogP) is 2.77. The van der Waals surface area contributed by atoms with Crippen LogP contribution in [0.5, 0.6) is 5.75 Å². The minimum Gasteiger partial charge on any atom is -0.488 e. The fraction of sp³-hybridized carbons (Fsp3) is 0.0714. The molecular weight excluding hydrogens is 262 g/mol. The number of carboxylic acid groups (broad SMARTS) is 1. The van der Waals surface area contributed by atoms with E-state index in [4.69, 9.17) is 9.84 Å². The quantitative estimate of drug-likeness (QED) is 0.514. The predicted molar refractivity (Wildman–Crippen MR) is 72.9 cm³/mol. The average Bonchev–Trinajstić information content (AvgIpc) is 2.43. The second kappa shape index (κ2) is 5.40. The molecule has 0 saturated carbocycles. The van der Waals surface area contributed by atoms with E-state index in [2.05, 4.69) is 6.58 Å². The Bertz CT molecular complexity index is 708. The number of carboxylic acids is 1. The summed E-state index contributed by atoms with van der Waals surface area (Å²) in [6, 6.07) is 9.50. The molecule has 0 heterocycles. The van der Waals surface area contributed by atoms with Crippen molar-refractivity contribution in [2.75, 3.05) is 6.61 Å². The Kier molecular flexibility index (Phi) is 3.65. The number of hydrogen-bond donors (Lipinski definition) is 1. The van der Waals surface area contributed by atoms with Crippen molar-refractivity contribution in [2.45, 2.75) is 0 Å². The molecule has 0 radical (unpaired) electrons. The van der Waals surface area contributed by atoms with E-state index in [0.29, 0.717) is 16.5 Å². The van der Waals surface area contributed by atoms with E-state index in [1.807, 2.05) is 0 Å². The molecule has 0 aromatic heterocycles. The maximum atomic E-state index is 11.0. The summed E-state index contributed by atoms with van der Waals surface area (Å²) >= 11 is 0. The zero-order chi connectivity index (χ0) is 14.7. The van der Waals surface area contributed by atoms with E-state index in [9.17, 15) is 14.9 Å². The van der Waals surface area contributed by atoms with Crippen molar-refractivity contribution in [1.82, 2.24) is 0 Å². The van der Waals surface area contributed by atoms with Crippen LogP contribution in [0.15, 0.2) is 48.6 Å². The van der Waals surface area contributed by atoms with Gasteiger partial charge < -0.3 is 9.84 Å². The van der Waals surface area contributed by atoms with Crippen LogP contribution in [0.4, 0.5) is 5.69 Å². The van der Waals surface area contributed by atoms with Gasteiger partial charge in [-0.25, -0.2) is 4.79 Å². The lowest BCUT2D eigenvalue weighted by Crippen LogP contribution is -2.09. The van der Waals surface area contributed by atoms with Crippen LogP contribution < -0.4 is 4.74 Å². The Morgan fingerprint density at radius 2 is 1.90 bits per heavy atom. The van der Waals surface area contributed by atoms with Crippen molar-refractivity contribution in [3.8, 4) is 5.75 Å². The molecule has 6 nitrogen and oxygen atoms in total. The second-order valence-corrected chi connectivity index (χ2v) is 4.08. The number of fused-ring (bicyclic) bond motifs is 1. The Labute approximate surface area is 114 Å². The molecule has 2 rings (SSSR count). The maximum Gasteiger partial charge on any atom is 0.334 e. The van der Waals surface area contributed by atoms with Gasteiger partial charge in [-0.15, -0.1) is 0 Å². The van der Waals surface area contributed by atoms with Gasteiger partial charge in [0.25, 0.3) is 5.69 Å². The van der Waals surface area contributed by atoms with E-state index >= 15 is 0 Å². The van der Waals surface area contributed by atoms with Crippen molar-refractivity contribution >= 4 is 22.4 Å². The summed E-state index contributed by atoms with van der Waals surface area (Å²) in [6.45, 7) is 3.18. The normalized spacial score (nSPS) is 10.2. The number of aliphatic carboxylic acids is 1. The van der Waals surface area contributed by atoms with Gasteiger partial charge in [-0.1, -0.05) is 24.8 Å². The van der Waals surface area contributed by atoms with Crippen LogP contribution in [0.2, 0.25) is 0 Å². The number of nitro groups is 1. The minimum atomic E-state index is -1.14. The summed E-state index contributed by atoms with van der Waals surface area (Å²) in [4.78, 5) is 21.1. The van der Waals surface area contributed by atoms with Crippen LogP contribution in [0, 0.1) is 10.1 Å². The molecule has 0 aliphatic carbocycles. The Balaban J connectivity index is 2.41. The number of nitro benzene ring substituents is 1. The third-order valence-electron chi connectivity index (χ3n) is 2.76. The number of benzene rings is 2. The molecule has 2 aromatic rings. The molecule has 2 aromatic carbocycles. The van der Waals surface area contributed by atoms with Gasteiger partial charge in [0.05, 0.1) is 15.9 Å². The van der Waals surface area contributed by atoms with Crippen LogP contribution >= 0.6 is 0 Å². The van der Waals surface area contributed by atoms with Crippen LogP contribution in [0.25, 0.3) is 10.8 Å².